The molecular weight excluding hydrogens is 347 g/mol. The molecule has 0 spiro atoms. The van der Waals surface area contributed by atoms with E-state index in [2.05, 4.69) is 0 Å². The monoisotopic (exact) mass is 372 g/mol. The lowest BCUT2D eigenvalue weighted by Gasteiger charge is -2.26. The average Bonchev–Trinajstić information content (AvgIpc) is 2.60. The fourth-order valence-electron chi connectivity index (χ4n) is 2.78. The molecule has 1 aromatic carbocycles. The number of sulfonamides is 1. The quantitative estimate of drug-likeness (QED) is 0.827. The summed E-state index contributed by atoms with van der Waals surface area (Å²) in [5, 5.41) is 9.31. The number of rotatable bonds is 6. The van der Waals surface area contributed by atoms with Crippen LogP contribution < -0.4 is 0 Å². The van der Waals surface area contributed by atoms with Crippen molar-refractivity contribution in [1.82, 2.24) is 9.21 Å². The molecule has 1 aromatic rings. The number of hydrogen-bond acceptors (Lipinski definition) is 4. The molecule has 1 N–H and O–H groups in total. The summed E-state index contributed by atoms with van der Waals surface area (Å²) in [4.78, 5) is 13.4. The van der Waals surface area contributed by atoms with Gasteiger partial charge in [-0.3, -0.25) is 4.79 Å². The summed E-state index contributed by atoms with van der Waals surface area (Å²) in [6, 6.07) is 3.42. The van der Waals surface area contributed by atoms with Crippen molar-refractivity contribution in [3.63, 3.8) is 0 Å². The van der Waals surface area contributed by atoms with Crippen LogP contribution in [0.4, 0.5) is 4.39 Å². The lowest BCUT2D eigenvalue weighted by molar-refractivity contribution is 0.0768. The van der Waals surface area contributed by atoms with Gasteiger partial charge in [-0.25, -0.2) is 12.8 Å². The molecule has 1 amide bonds. The first-order valence-corrected chi connectivity index (χ1v) is 9.90. The van der Waals surface area contributed by atoms with E-state index in [0.717, 1.165) is 31.4 Å². The van der Waals surface area contributed by atoms with E-state index in [9.17, 15) is 22.7 Å². The van der Waals surface area contributed by atoms with Crippen LogP contribution in [-0.2, 0) is 10.0 Å². The topological polar surface area (TPSA) is 77.9 Å². The number of aliphatic hydroxyl groups excluding tert-OH is 1. The molecule has 1 atom stereocenters. The van der Waals surface area contributed by atoms with E-state index in [1.807, 2.05) is 0 Å². The summed E-state index contributed by atoms with van der Waals surface area (Å²) in [5.41, 5.74) is 0.116. The highest BCUT2D eigenvalue weighted by molar-refractivity contribution is 7.89. The number of aliphatic hydroxyl groups is 1. The van der Waals surface area contributed by atoms with E-state index >= 15 is 0 Å². The van der Waals surface area contributed by atoms with Gasteiger partial charge in [-0.15, -0.1) is 0 Å². The molecule has 0 bridgehead atoms. The number of piperidine rings is 1. The van der Waals surface area contributed by atoms with Gasteiger partial charge in [-0.1, -0.05) is 6.42 Å². The molecule has 1 saturated heterocycles. The zero-order chi connectivity index (χ0) is 18.6. The van der Waals surface area contributed by atoms with Crippen LogP contribution in [0.25, 0.3) is 0 Å². The van der Waals surface area contributed by atoms with Gasteiger partial charge in [0.2, 0.25) is 10.0 Å². The minimum atomic E-state index is -3.95. The molecule has 0 aromatic heterocycles. The highest BCUT2D eigenvalue weighted by Crippen LogP contribution is 2.24. The Morgan fingerprint density at radius 3 is 2.56 bits per heavy atom. The Balaban J connectivity index is 2.26. The number of carbonyl (C=O) groups is 1. The lowest BCUT2D eigenvalue weighted by Crippen LogP contribution is -2.36. The Hall–Kier alpha value is -1.51. The zero-order valence-electron chi connectivity index (χ0n) is 14.6. The Kier molecular flexibility index (Phi) is 6.53. The maximum atomic E-state index is 14.2. The molecule has 0 aliphatic carbocycles. The van der Waals surface area contributed by atoms with Crippen molar-refractivity contribution in [3.05, 3.63) is 29.6 Å². The third kappa shape index (κ3) is 4.77. The smallest absolute Gasteiger partial charge is 0.253 e. The largest absolute Gasteiger partial charge is 0.393 e. The summed E-state index contributed by atoms with van der Waals surface area (Å²) < 4.78 is 40.8. The summed E-state index contributed by atoms with van der Waals surface area (Å²) in [7, 11) is -2.39. The molecule has 1 aliphatic heterocycles. The van der Waals surface area contributed by atoms with Crippen molar-refractivity contribution >= 4 is 15.9 Å². The second-order valence-electron chi connectivity index (χ2n) is 6.47. The van der Waals surface area contributed by atoms with E-state index in [0.29, 0.717) is 26.1 Å². The average molecular weight is 372 g/mol. The molecule has 2 rings (SSSR count). The molecule has 1 aliphatic rings. The van der Waals surface area contributed by atoms with Crippen LogP contribution in [-0.4, -0.2) is 61.4 Å². The molecular formula is C17H25FN2O4S. The highest BCUT2D eigenvalue weighted by atomic mass is 32.2. The second kappa shape index (κ2) is 8.25. The molecule has 1 heterocycles. The molecule has 25 heavy (non-hydrogen) atoms. The number of nitrogens with zero attached hydrogens (tertiary/aromatic N) is 2. The fraction of sp³-hybridized carbons (Fsp3) is 0.588. The van der Waals surface area contributed by atoms with Gasteiger partial charge in [-0.05, 0) is 44.4 Å². The van der Waals surface area contributed by atoms with Crippen LogP contribution in [0, 0.1) is 5.82 Å². The van der Waals surface area contributed by atoms with E-state index in [1.54, 1.807) is 14.0 Å². The van der Waals surface area contributed by atoms with Gasteiger partial charge in [0.15, 0.2) is 0 Å². The number of benzene rings is 1. The Morgan fingerprint density at radius 1 is 1.32 bits per heavy atom. The van der Waals surface area contributed by atoms with E-state index < -0.39 is 32.7 Å². The van der Waals surface area contributed by atoms with Crippen molar-refractivity contribution in [3.8, 4) is 0 Å². The molecule has 6 nitrogen and oxygen atoms in total. The van der Waals surface area contributed by atoms with Gasteiger partial charge in [0.05, 0.1) is 6.10 Å². The standard InChI is InChI=1S/C17H25FN2O4S/c1-13(21)8-11-19(2)17(22)14-6-7-15(18)16(12-14)25(23,24)20-9-4-3-5-10-20/h6-7,12-13,21H,3-5,8-11H2,1-2H3. The van der Waals surface area contributed by atoms with Gasteiger partial charge in [0.25, 0.3) is 5.91 Å². The summed E-state index contributed by atoms with van der Waals surface area (Å²) in [6.45, 7) is 2.68. The third-order valence-corrected chi connectivity index (χ3v) is 6.25. The first-order chi connectivity index (χ1) is 11.7. The number of carbonyl (C=O) groups excluding carboxylic acids is 1. The van der Waals surface area contributed by atoms with Gasteiger partial charge < -0.3 is 10.0 Å². The zero-order valence-corrected chi connectivity index (χ0v) is 15.4. The first kappa shape index (κ1) is 19.8. The SMILES string of the molecule is CC(O)CCN(C)C(=O)c1ccc(F)c(S(=O)(=O)N2CCCCC2)c1. The van der Waals surface area contributed by atoms with E-state index in [-0.39, 0.29) is 5.56 Å². The van der Waals surface area contributed by atoms with Crippen molar-refractivity contribution in [2.24, 2.45) is 0 Å². The van der Waals surface area contributed by atoms with Gasteiger partial charge in [0, 0.05) is 32.2 Å². The normalized spacial score (nSPS) is 17.3. The van der Waals surface area contributed by atoms with Crippen LogP contribution in [0.3, 0.4) is 0 Å². The summed E-state index contributed by atoms with van der Waals surface area (Å²) >= 11 is 0. The molecule has 8 heteroatoms. The maximum absolute atomic E-state index is 14.2. The van der Waals surface area contributed by atoms with E-state index in [4.69, 9.17) is 0 Å². The highest BCUT2D eigenvalue weighted by Gasteiger charge is 2.29. The van der Waals surface area contributed by atoms with Gasteiger partial charge >= 0.3 is 0 Å². The molecule has 140 valence electrons. The van der Waals surface area contributed by atoms with Crippen LogP contribution >= 0.6 is 0 Å². The van der Waals surface area contributed by atoms with Crippen LogP contribution in [0.5, 0.6) is 0 Å². The predicted octanol–water partition coefficient (Wildman–Crippen LogP) is 1.84. The summed E-state index contributed by atoms with van der Waals surface area (Å²) in [5.74, 6) is -1.26. The Bertz CT molecular complexity index is 715. The summed E-state index contributed by atoms with van der Waals surface area (Å²) in [6.07, 6.45) is 2.32. The van der Waals surface area contributed by atoms with Crippen molar-refractivity contribution in [2.75, 3.05) is 26.7 Å². The second-order valence-corrected chi connectivity index (χ2v) is 8.38. The molecule has 0 saturated carbocycles. The third-order valence-electron chi connectivity index (χ3n) is 4.34. The minimum Gasteiger partial charge on any atom is -0.393 e. The van der Waals surface area contributed by atoms with Crippen molar-refractivity contribution < 1.29 is 22.7 Å². The predicted molar refractivity (Wildman–Crippen MR) is 92.3 cm³/mol. The van der Waals surface area contributed by atoms with Gasteiger partial charge in [0.1, 0.15) is 10.7 Å². The van der Waals surface area contributed by atoms with Gasteiger partial charge in [-0.2, -0.15) is 4.31 Å². The number of hydrogen-bond donors (Lipinski definition) is 1. The van der Waals surface area contributed by atoms with Crippen LogP contribution in [0.1, 0.15) is 43.0 Å². The molecule has 0 radical (unpaired) electrons. The van der Waals surface area contributed by atoms with Crippen LogP contribution in [0.2, 0.25) is 0 Å². The van der Waals surface area contributed by atoms with Crippen LogP contribution in [0.15, 0.2) is 23.1 Å². The number of halogens is 1. The van der Waals surface area contributed by atoms with Crippen molar-refractivity contribution in [1.29, 1.82) is 0 Å². The van der Waals surface area contributed by atoms with E-state index in [1.165, 1.54) is 15.3 Å². The molecule has 1 unspecified atom stereocenters. The Morgan fingerprint density at radius 2 is 1.96 bits per heavy atom. The minimum absolute atomic E-state index is 0.116. The van der Waals surface area contributed by atoms with Crippen molar-refractivity contribution in [2.45, 2.75) is 43.6 Å². The maximum Gasteiger partial charge on any atom is 0.253 e. The number of amides is 1. The molecule has 1 fully saturated rings. The Labute approximate surface area is 148 Å². The fourth-order valence-corrected chi connectivity index (χ4v) is 4.39. The first-order valence-electron chi connectivity index (χ1n) is 8.46. The lowest BCUT2D eigenvalue weighted by atomic mass is 10.2.